The molecule has 2 aromatic heterocycles. The van der Waals surface area contributed by atoms with Crippen molar-refractivity contribution in [3.63, 3.8) is 0 Å². The Hall–Kier alpha value is -1.36. The standard InChI is InChI=1S/C11H13ClN4O/c12-11-14-9-8(6-13-16-9)10(15-11)17-7-4-2-1-3-5-7/h6-7H,1-5H2,(H,13,14,15,16). The van der Waals surface area contributed by atoms with Crippen LogP contribution in [0.5, 0.6) is 5.88 Å². The van der Waals surface area contributed by atoms with Crippen molar-refractivity contribution in [1.29, 1.82) is 0 Å². The summed E-state index contributed by atoms with van der Waals surface area (Å²) in [5.41, 5.74) is 0.621. The van der Waals surface area contributed by atoms with Gasteiger partial charge in [0, 0.05) is 0 Å². The fourth-order valence-electron chi connectivity index (χ4n) is 2.21. The average molecular weight is 253 g/mol. The maximum absolute atomic E-state index is 5.91. The maximum Gasteiger partial charge on any atom is 0.229 e. The van der Waals surface area contributed by atoms with Gasteiger partial charge in [0.1, 0.15) is 11.5 Å². The minimum Gasteiger partial charge on any atom is -0.474 e. The molecule has 1 saturated carbocycles. The first kappa shape index (κ1) is 10.8. The molecule has 0 spiro atoms. The van der Waals surface area contributed by atoms with E-state index in [9.17, 15) is 0 Å². The number of nitrogens with one attached hydrogen (secondary N) is 1. The highest BCUT2D eigenvalue weighted by Crippen LogP contribution is 2.27. The lowest BCUT2D eigenvalue weighted by Gasteiger charge is -2.22. The molecular weight excluding hydrogens is 240 g/mol. The molecule has 0 amide bonds. The number of H-pyrrole nitrogens is 1. The van der Waals surface area contributed by atoms with E-state index in [1.54, 1.807) is 6.20 Å². The van der Waals surface area contributed by atoms with E-state index in [2.05, 4.69) is 20.2 Å². The van der Waals surface area contributed by atoms with Crippen molar-refractivity contribution < 1.29 is 4.74 Å². The van der Waals surface area contributed by atoms with Crippen LogP contribution in [0.15, 0.2) is 6.20 Å². The van der Waals surface area contributed by atoms with Crippen LogP contribution in [-0.2, 0) is 0 Å². The molecule has 17 heavy (non-hydrogen) atoms. The number of hydrogen-bond donors (Lipinski definition) is 1. The van der Waals surface area contributed by atoms with Crippen molar-refractivity contribution in [3.05, 3.63) is 11.5 Å². The number of fused-ring (bicyclic) bond motifs is 1. The van der Waals surface area contributed by atoms with E-state index < -0.39 is 0 Å². The second-order valence-corrected chi connectivity index (χ2v) is 4.65. The second-order valence-electron chi connectivity index (χ2n) is 4.31. The number of nitrogens with zero attached hydrogens (tertiary/aromatic N) is 3. The Balaban J connectivity index is 1.90. The first-order chi connectivity index (χ1) is 8.33. The predicted molar refractivity (Wildman–Crippen MR) is 64.2 cm³/mol. The maximum atomic E-state index is 5.91. The molecule has 0 radical (unpaired) electrons. The summed E-state index contributed by atoms with van der Waals surface area (Å²) in [5.74, 6) is 0.542. The van der Waals surface area contributed by atoms with Crippen LogP contribution in [0.4, 0.5) is 0 Å². The Morgan fingerprint density at radius 1 is 1.24 bits per heavy atom. The number of halogens is 1. The Morgan fingerprint density at radius 3 is 2.88 bits per heavy atom. The summed E-state index contributed by atoms with van der Waals surface area (Å²) in [4.78, 5) is 8.19. The van der Waals surface area contributed by atoms with Crippen molar-refractivity contribution in [2.45, 2.75) is 38.2 Å². The number of rotatable bonds is 2. The minimum atomic E-state index is 0.188. The van der Waals surface area contributed by atoms with Crippen LogP contribution in [-0.4, -0.2) is 26.3 Å². The Labute approximate surface area is 104 Å². The van der Waals surface area contributed by atoms with Crippen LogP contribution in [0, 0.1) is 0 Å². The van der Waals surface area contributed by atoms with Crippen LogP contribution in [0.25, 0.3) is 11.0 Å². The molecule has 1 N–H and O–H groups in total. The molecule has 1 aliphatic carbocycles. The second kappa shape index (κ2) is 4.49. The summed E-state index contributed by atoms with van der Waals surface area (Å²) >= 11 is 5.85. The smallest absolute Gasteiger partial charge is 0.229 e. The van der Waals surface area contributed by atoms with Gasteiger partial charge < -0.3 is 4.74 Å². The van der Waals surface area contributed by atoms with E-state index in [1.165, 1.54) is 19.3 Å². The highest BCUT2D eigenvalue weighted by atomic mass is 35.5. The Bertz CT molecular complexity index is 521. The number of hydrogen-bond acceptors (Lipinski definition) is 4. The molecule has 0 aliphatic heterocycles. The molecular formula is C11H13ClN4O. The van der Waals surface area contributed by atoms with Crippen LogP contribution in [0.3, 0.4) is 0 Å². The van der Waals surface area contributed by atoms with Gasteiger partial charge >= 0.3 is 0 Å². The van der Waals surface area contributed by atoms with Crippen LogP contribution in [0.2, 0.25) is 5.28 Å². The van der Waals surface area contributed by atoms with Crippen LogP contribution < -0.4 is 4.74 Å². The summed E-state index contributed by atoms with van der Waals surface area (Å²) < 4.78 is 5.91. The fourth-order valence-corrected chi connectivity index (χ4v) is 2.37. The highest BCUT2D eigenvalue weighted by molar-refractivity contribution is 6.28. The molecule has 6 heteroatoms. The van der Waals surface area contributed by atoms with Gasteiger partial charge in [-0.05, 0) is 37.3 Å². The van der Waals surface area contributed by atoms with E-state index in [4.69, 9.17) is 16.3 Å². The summed E-state index contributed by atoms with van der Waals surface area (Å²) in [6, 6.07) is 0. The highest BCUT2D eigenvalue weighted by Gasteiger charge is 2.18. The van der Waals surface area contributed by atoms with Crippen molar-refractivity contribution in [3.8, 4) is 5.88 Å². The van der Waals surface area contributed by atoms with Gasteiger partial charge in [0.05, 0.1) is 6.20 Å². The lowest BCUT2D eigenvalue weighted by Crippen LogP contribution is -2.20. The Morgan fingerprint density at radius 2 is 2.06 bits per heavy atom. The van der Waals surface area contributed by atoms with Crippen LogP contribution >= 0.6 is 11.6 Å². The van der Waals surface area contributed by atoms with E-state index in [-0.39, 0.29) is 11.4 Å². The molecule has 0 bridgehead atoms. The molecule has 0 atom stereocenters. The average Bonchev–Trinajstić information content (AvgIpc) is 2.78. The van der Waals surface area contributed by atoms with E-state index >= 15 is 0 Å². The number of aromatic amines is 1. The van der Waals surface area contributed by atoms with E-state index in [1.807, 2.05) is 0 Å². The first-order valence-corrected chi connectivity index (χ1v) is 6.24. The largest absolute Gasteiger partial charge is 0.474 e. The van der Waals surface area contributed by atoms with Gasteiger partial charge in [-0.1, -0.05) is 6.42 Å². The summed E-state index contributed by atoms with van der Waals surface area (Å²) in [7, 11) is 0. The molecule has 5 nitrogen and oxygen atoms in total. The number of ether oxygens (including phenoxy) is 1. The third-order valence-corrected chi connectivity index (χ3v) is 3.25. The quantitative estimate of drug-likeness (QED) is 0.835. The third-order valence-electron chi connectivity index (χ3n) is 3.08. The van der Waals surface area contributed by atoms with Crippen molar-refractivity contribution >= 4 is 22.6 Å². The molecule has 90 valence electrons. The van der Waals surface area contributed by atoms with Crippen molar-refractivity contribution in [2.24, 2.45) is 0 Å². The van der Waals surface area contributed by atoms with E-state index in [0.29, 0.717) is 11.5 Å². The Kier molecular flexibility index (Phi) is 2.84. The van der Waals surface area contributed by atoms with Gasteiger partial charge in [0.25, 0.3) is 0 Å². The SMILES string of the molecule is Clc1nc(OC2CCCCC2)c2cn[nH]c2n1. The molecule has 1 fully saturated rings. The summed E-state index contributed by atoms with van der Waals surface area (Å²) in [5, 5.41) is 7.68. The molecule has 2 aromatic rings. The molecule has 0 unspecified atom stereocenters. The summed E-state index contributed by atoms with van der Waals surface area (Å²) in [6.07, 6.45) is 7.82. The molecule has 0 saturated heterocycles. The normalized spacial score (nSPS) is 17.5. The minimum absolute atomic E-state index is 0.188. The van der Waals surface area contributed by atoms with Crippen molar-refractivity contribution in [2.75, 3.05) is 0 Å². The molecule has 3 rings (SSSR count). The van der Waals surface area contributed by atoms with E-state index in [0.717, 1.165) is 18.2 Å². The van der Waals surface area contributed by atoms with Crippen molar-refractivity contribution in [1.82, 2.24) is 20.2 Å². The zero-order valence-electron chi connectivity index (χ0n) is 9.32. The topological polar surface area (TPSA) is 63.7 Å². The van der Waals surface area contributed by atoms with Gasteiger partial charge in [-0.2, -0.15) is 15.1 Å². The van der Waals surface area contributed by atoms with Gasteiger partial charge in [-0.15, -0.1) is 0 Å². The molecule has 2 heterocycles. The first-order valence-electron chi connectivity index (χ1n) is 5.86. The lowest BCUT2D eigenvalue weighted by molar-refractivity contribution is 0.151. The van der Waals surface area contributed by atoms with Crippen LogP contribution in [0.1, 0.15) is 32.1 Å². The predicted octanol–water partition coefficient (Wildman–Crippen LogP) is 2.72. The van der Waals surface area contributed by atoms with Gasteiger partial charge in [-0.25, -0.2) is 0 Å². The summed E-state index contributed by atoms with van der Waals surface area (Å²) in [6.45, 7) is 0. The lowest BCUT2D eigenvalue weighted by atomic mass is 9.98. The van der Waals surface area contributed by atoms with Gasteiger partial charge in [0.2, 0.25) is 11.2 Å². The fraction of sp³-hybridized carbons (Fsp3) is 0.545. The van der Waals surface area contributed by atoms with Gasteiger partial charge in [-0.3, -0.25) is 5.10 Å². The molecule has 1 aliphatic rings. The number of aromatic nitrogens is 4. The third kappa shape index (κ3) is 2.20. The zero-order chi connectivity index (χ0) is 11.7. The zero-order valence-corrected chi connectivity index (χ0v) is 10.1. The van der Waals surface area contributed by atoms with Gasteiger partial charge in [0.15, 0.2) is 5.65 Å². The molecule has 0 aromatic carbocycles. The monoisotopic (exact) mass is 252 g/mol.